The molecule has 0 aliphatic rings. The molecule has 0 heterocycles. The third-order valence-corrected chi connectivity index (χ3v) is 0.808. The molecule has 0 aromatic carbocycles. The third-order valence-electron chi connectivity index (χ3n) is 0.808. The van der Waals surface area contributed by atoms with E-state index in [0.717, 1.165) is 6.54 Å². The number of nitrogens with two attached hydrogens (primary N) is 1. The van der Waals surface area contributed by atoms with E-state index in [0.29, 0.717) is 0 Å². The number of rotatable bonds is 3. The van der Waals surface area contributed by atoms with Crippen molar-refractivity contribution in [1.29, 1.82) is 0 Å². The molecule has 0 rings (SSSR count). The third kappa shape index (κ3) is 4.02. The van der Waals surface area contributed by atoms with Gasteiger partial charge in [0.2, 0.25) is 0 Å². The lowest BCUT2D eigenvalue weighted by Crippen LogP contribution is -2.00. The predicted octanol–water partition coefficient (Wildman–Crippen LogP) is 0.238. The lowest BCUT2D eigenvalue weighted by molar-refractivity contribution is 1.11. The topological polar surface area (TPSA) is 26.0 Å². The van der Waals surface area contributed by atoms with Crippen LogP contribution < -0.4 is 5.73 Å². The van der Waals surface area contributed by atoms with E-state index in [-0.39, 0.29) is 0 Å². The Balaban J connectivity index is 2.34. The van der Waals surface area contributed by atoms with Gasteiger partial charge in [-0.3, -0.25) is 0 Å². The van der Waals surface area contributed by atoms with E-state index in [1.807, 2.05) is 0 Å². The van der Waals surface area contributed by atoms with E-state index in [1.54, 1.807) is 0 Å². The van der Waals surface area contributed by atoms with Crippen LogP contribution in [0.2, 0.25) is 12.6 Å². The van der Waals surface area contributed by atoms with Crippen LogP contribution in [0.25, 0.3) is 0 Å². The number of hydrogen-bond acceptors (Lipinski definition) is 1. The minimum Gasteiger partial charge on any atom is -0.331 e. The zero-order valence-electron chi connectivity index (χ0n) is 4.41. The molecule has 6 heavy (non-hydrogen) atoms. The molecule has 0 aliphatic carbocycles. The van der Waals surface area contributed by atoms with E-state index in [9.17, 15) is 0 Å². The minimum absolute atomic E-state index is 0.855. The van der Waals surface area contributed by atoms with Crippen molar-refractivity contribution in [2.75, 3.05) is 6.54 Å². The Bertz CT molecular complexity index is 19.5. The first-order valence-corrected chi connectivity index (χ1v) is 2.62. The molecule has 0 aromatic rings. The summed E-state index contributed by atoms with van der Waals surface area (Å²) in [6.07, 6.45) is 2.47. The fourth-order valence-electron chi connectivity index (χ4n) is 0.394. The molecule has 0 saturated heterocycles. The highest BCUT2D eigenvalue weighted by atomic mass is 14.5. The van der Waals surface area contributed by atoms with Gasteiger partial charge in [-0.2, -0.15) is 0 Å². The average Bonchev–Trinajstić information content (AvgIpc) is 1.61. The van der Waals surface area contributed by atoms with Gasteiger partial charge in [-0.25, -0.2) is 0 Å². The van der Waals surface area contributed by atoms with Crippen molar-refractivity contribution in [3.63, 3.8) is 0 Å². The summed E-state index contributed by atoms with van der Waals surface area (Å²) in [5.41, 5.74) is 5.21. The highest BCUT2D eigenvalue weighted by Gasteiger charge is 1.79. The Labute approximate surface area is 40.2 Å². The second-order valence-electron chi connectivity index (χ2n) is 1.50. The molecule has 0 radical (unpaired) electrons. The molecule has 0 unspecified atom stereocenters. The Hall–Kier alpha value is 0.0249. The maximum atomic E-state index is 5.21. The summed E-state index contributed by atoms with van der Waals surface area (Å²) < 4.78 is 0. The summed E-state index contributed by atoms with van der Waals surface area (Å²) in [4.78, 5) is 0. The van der Waals surface area contributed by atoms with Crippen LogP contribution in [-0.4, -0.2) is 13.8 Å². The SMILES string of the molecule is CCBCCN. The zero-order chi connectivity index (χ0) is 4.83. The maximum Gasteiger partial charge on any atom is 0.121 e. The van der Waals surface area contributed by atoms with Crippen molar-refractivity contribution >= 4 is 7.28 Å². The molecule has 0 spiro atoms. The summed E-state index contributed by atoms with van der Waals surface area (Å²) in [6, 6.07) is 0. The van der Waals surface area contributed by atoms with E-state index < -0.39 is 0 Å². The second kappa shape index (κ2) is 5.02. The highest BCUT2D eigenvalue weighted by Crippen LogP contribution is 1.77. The van der Waals surface area contributed by atoms with Gasteiger partial charge in [0.1, 0.15) is 7.28 Å². The van der Waals surface area contributed by atoms with Crippen LogP contribution in [0.3, 0.4) is 0 Å². The fraction of sp³-hybridized carbons (Fsp3) is 1.00. The standard InChI is InChI=1S/C4H12BN/c1-2-5-3-4-6/h5H,2-4,6H2,1H3. The first-order valence-electron chi connectivity index (χ1n) is 2.62. The van der Waals surface area contributed by atoms with Crippen LogP contribution in [-0.2, 0) is 0 Å². The quantitative estimate of drug-likeness (QED) is 0.385. The fourth-order valence-corrected chi connectivity index (χ4v) is 0.394. The van der Waals surface area contributed by atoms with Crippen LogP contribution in [0.1, 0.15) is 6.92 Å². The summed E-state index contributed by atoms with van der Waals surface area (Å²) >= 11 is 0. The largest absolute Gasteiger partial charge is 0.331 e. The Kier molecular flexibility index (Phi) is 5.05. The van der Waals surface area contributed by atoms with Crippen molar-refractivity contribution in [2.45, 2.75) is 19.6 Å². The molecule has 0 atom stereocenters. The molecule has 0 fully saturated rings. The first kappa shape index (κ1) is 6.02. The molecule has 36 valence electrons. The van der Waals surface area contributed by atoms with Crippen LogP contribution >= 0.6 is 0 Å². The molecule has 0 aromatic heterocycles. The Morgan fingerprint density at radius 3 is 2.50 bits per heavy atom. The van der Waals surface area contributed by atoms with Gasteiger partial charge in [-0.1, -0.05) is 19.6 Å². The first-order chi connectivity index (χ1) is 2.91. The predicted molar refractivity (Wildman–Crippen MR) is 31.5 cm³/mol. The Morgan fingerprint density at radius 2 is 2.33 bits per heavy atom. The average molecular weight is 85.0 g/mol. The van der Waals surface area contributed by atoms with Crippen molar-refractivity contribution in [2.24, 2.45) is 5.73 Å². The van der Waals surface area contributed by atoms with Gasteiger partial charge in [0.15, 0.2) is 0 Å². The van der Waals surface area contributed by atoms with Gasteiger partial charge in [0.05, 0.1) is 0 Å². The minimum atomic E-state index is 0.855. The monoisotopic (exact) mass is 85.1 g/mol. The van der Waals surface area contributed by atoms with E-state index in [4.69, 9.17) is 5.73 Å². The second-order valence-corrected chi connectivity index (χ2v) is 1.50. The molecule has 0 saturated carbocycles. The van der Waals surface area contributed by atoms with Crippen LogP contribution in [0.15, 0.2) is 0 Å². The number of hydrogen-bond donors (Lipinski definition) is 1. The van der Waals surface area contributed by atoms with E-state index >= 15 is 0 Å². The van der Waals surface area contributed by atoms with Crippen molar-refractivity contribution in [3.8, 4) is 0 Å². The molecular formula is C4H12BN. The zero-order valence-corrected chi connectivity index (χ0v) is 4.41. The summed E-state index contributed by atoms with van der Waals surface area (Å²) in [7, 11) is 1.29. The van der Waals surface area contributed by atoms with Gasteiger partial charge < -0.3 is 5.73 Å². The lowest BCUT2D eigenvalue weighted by atomic mass is 9.72. The summed E-state index contributed by atoms with van der Waals surface area (Å²) in [5.74, 6) is 0. The summed E-state index contributed by atoms with van der Waals surface area (Å²) in [5, 5.41) is 0. The Morgan fingerprint density at radius 1 is 1.67 bits per heavy atom. The van der Waals surface area contributed by atoms with Crippen molar-refractivity contribution in [3.05, 3.63) is 0 Å². The highest BCUT2D eigenvalue weighted by molar-refractivity contribution is 6.35. The van der Waals surface area contributed by atoms with Crippen molar-refractivity contribution in [1.82, 2.24) is 0 Å². The van der Waals surface area contributed by atoms with Crippen LogP contribution in [0.5, 0.6) is 0 Å². The van der Waals surface area contributed by atoms with Gasteiger partial charge in [0, 0.05) is 0 Å². The van der Waals surface area contributed by atoms with Gasteiger partial charge >= 0.3 is 0 Å². The normalized spacial score (nSPS) is 8.33. The molecule has 0 bridgehead atoms. The molecule has 2 N–H and O–H groups in total. The lowest BCUT2D eigenvalue weighted by Gasteiger charge is -1.83. The van der Waals surface area contributed by atoms with E-state index in [2.05, 4.69) is 6.92 Å². The van der Waals surface area contributed by atoms with Crippen LogP contribution in [0, 0.1) is 0 Å². The van der Waals surface area contributed by atoms with Gasteiger partial charge in [-0.15, -0.1) is 0 Å². The van der Waals surface area contributed by atoms with Gasteiger partial charge in [0.25, 0.3) is 0 Å². The van der Waals surface area contributed by atoms with Gasteiger partial charge in [-0.05, 0) is 6.54 Å². The van der Waals surface area contributed by atoms with E-state index in [1.165, 1.54) is 19.9 Å². The summed E-state index contributed by atoms with van der Waals surface area (Å²) in [6.45, 7) is 3.03. The van der Waals surface area contributed by atoms with Crippen LogP contribution in [0.4, 0.5) is 0 Å². The molecular weight excluding hydrogens is 72.9 g/mol. The maximum absolute atomic E-state index is 5.21. The smallest absolute Gasteiger partial charge is 0.121 e. The molecule has 1 nitrogen and oxygen atoms in total. The molecule has 0 amide bonds. The molecule has 0 aliphatic heterocycles. The van der Waals surface area contributed by atoms with Crippen molar-refractivity contribution < 1.29 is 0 Å². The molecule has 2 heteroatoms.